The minimum Gasteiger partial charge on any atom is -0.246 e. The molecule has 92 valence electrons. The SMILES string of the molecule is CNNNNNNNNNNNNNC. The Labute approximate surface area is 86.9 Å². The summed E-state index contributed by atoms with van der Waals surface area (Å²) in [6.45, 7) is 0. The monoisotopic (exact) mass is 225 g/mol. The third-order valence-electron chi connectivity index (χ3n) is 0.875. The van der Waals surface area contributed by atoms with Crippen LogP contribution in [0.2, 0.25) is 0 Å². The molecule has 0 saturated heterocycles. The van der Waals surface area contributed by atoms with Gasteiger partial charge in [-0.15, -0.1) is 0 Å². The van der Waals surface area contributed by atoms with Gasteiger partial charge in [-0.05, 0) is 14.1 Å². The van der Waals surface area contributed by atoms with Gasteiger partial charge in [-0.3, -0.25) is 0 Å². The van der Waals surface area contributed by atoms with Gasteiger partial charge in [0.1, 0.15) is 0 Å². The molecule has 0 fully saturated rings. The lowest BCUT2D eigenvalue weighted by Crippen LogP contribution is -2.67. The number of rotatable bonds is 12. The topological polar surface area (TPSA) is 156 Å². The van der Waals surface area contributed by atoms with Crippen molar-refractivity contribution in [2.24, 2.45) is 0 Å². The van der Waals surface area contributed by atoms with Crippen LogP contribution in [0.4, 0.5) is 0 Å². The van der Waals surface area contributed by atoms with Gasteiger partial charge in [0.15, 0.2) is 0 Å². The maximum Gasteiger partial charge on any atom is -0.000111 e. The Bertz CT molecular complexity index is 92.7. The second-order valence-electron chi connectivity index (χ2n) is 1.88. The maximum absolute atomic E-state index is 2.63. The molecule has 0 aromatic heterocycles. The maximum atomic E-state index is 2.63. The molecule has 15 heavy (non-hydrogen) atoms. The predicted octanol–water partition coefficient (Wildman–Crippen LogP) is -6.11. The molecular formula is C2H19N13. The zero-order valence-electron chi connectivity index (χ0n) is 8.50. The minimum absolute atomic E-state index is 1.71. The highest BCUT2D eigenvalue weighted by Crippen LogP contribution is 1.27. The third kappa shape index (κ3) is 13.5. The fourth-order valence-electron chi connectivity index (χ4n) is 0.406. The Morgan fingerprint density at radius 2 is 0.533 bits per heavy atom. The fourth-order valence-corrected chi connectivity index (χ4v) is 0.406. The lowest BCUT2D eigenvalue weighted by Gasteiger charge is -2.13. The molecule has 0 radical (unpaired) electrons. The van der Waals surface area contributed by atoms with Crippen molar-refractivity contribution >= 4 is 0 Å². The largest absolute Gasteiger partial charge is 0.246 e. The summed E-state index contributed by atoms with van der Waals surface area (Å²) in [7, 11) is 3.42. The van der Waals surface area contributed by atoms with Gasteiger partial charge in [-0.1, -0.05) is 0 Å². The van der Waals surface area contributed by atoms with Gasteiger partial charge in [0.2, 0.25) is 0 Å². The van der Waals surface area contributed by atoms with Crippen LogP contribution in [-0.2, 0) is 0 Å². The highest BCUT2D eigenvalue weighted by atomic mass is 16.0. The van der Waals surface area contributed by atoms with Gasteiger partial charge < -0.3 is 0 Å². The van der Waals surface area contributed by atoms with Crippen molar-refractivity contribution < 1.29 is 0 Å². The van der Waals surface area contributed by atoms with Crippen LogP contribution in [0.25, 0.3) is 0 Å². The van der Waals surface area contributed by atoms with E-state index in [1.807, 2.05) is 0 Å². The summed E-state index contributed by atoms with van der Waals surface area (Å²) in [5.41, 5.74) is 33.1. The van der Waals surface area contributed by atoms with Crippen LogP contribution in [0.1, 0.15) is 0 Å². The summed E-state index contributed by atoms with van der Waals surface area (Å²) in [6, 6.07) is 0. The van der Waals surface area contributed by atoms with Gasteiger partial charge in [-0.2, -0.15) is 60.9 Å². The second-order valence-corrected chi connectivity index (χ2v) is 1.88. The zero-order chi connectivity index (χ0) is 11.2. The molecule has 13 nitrogen and oxygen atoms in total. The van der Waals surface area contributed by atoms with E-state index < -0.39 is 0 Å². The lowest BCUT2D eigenvalue weighted by atomic mass is 11.5. The van der Waals surface area contributed by atoms with E-state index in [1.165, 1.54) is 0 Å². The van der Waals surface area contributed by atoms with Gasteiger partial charge in [-0.25, -0.2) is 10.9 Å². The summed E-state index contributed by atoms with van der Waals surface area (Å²) in [5.74, 6) is 0. The molecule has 13 N–H and O–H groups in total. The minimum atomic E-state index is 1.71. The molecule has 0 aromatic carbocycles. The molecule has 0 heterocycles. The number of nitrogens with one attached hydrogen (secondary N) is 13. The van der Waals surface area contributed by atoms with Crippen molar-refractivity contribution in [3.63, 3.8) is 0 Å². The van der Waals surface area contributed by atoms with E-state index in [4.69, 9.17) is 0 Å². The van der Waals surface area contributed by atoms with Crippen LogP contribution < -0.4 is 71.7 Å². The molecule has 0 aliphatic heterocycles. The molecule has 0 aliphatic rings. The molecule has 0 spiro atoms. The quantitative estimate of drug-likeness (QED) is 0.112. The third-order valence-corrected chi connectivity index (χ3v) is 0.875. The van der Waals surface area contributed by atoms with E-state index in [0.29, 0.717) is 0 Å². The molecule has 0 saturated carbocycles. The number of hydrazine groups is 12. The van der Waals surface area contributed by atoms with Crippen molar-refractivity contribution in [2.75, 3.05) is 14.1 Å². The lowest BCUT2D eigenvalue weighted by molar-refractivity contribution is 0.216. The number of hydrogen-bond donors (Lipinski definition) is 13. The molecule has 0 aliphatic carbocycles. The molecule has 0 aromatic rings. The van der Waals surface area contributed by atoms with Crippen LogP contribution in [0, 0.1) is 0 Å². The highest BCUT2D eigenvalue weighted by Gasteiger charge is 1.80. The average molecular weight is 225 g/mol. The zero-order valence-corrected chi connectivity index (χ0v) is 8.50. The van der Waals surface area contributed by atoms with Crippen LogP contribution in [-0.4, -0.2) is 14.1 Å². The van der Waals surface area contributed by atoms with Crippen LogP contribution >= 0.6 is 0 Å². The van der Waals surface area contributed by atoms with Crippen molar-refractivity contribution in [2.45, 2.75) is 0 Å². The summed E-state index contributed by atoms with van der Waals surface area (Å²) in [6.07, 6.45) is 0. The Hall–Kier alpha value is -0.520. The van der Waals surface area contributed by atoms with Crippen molar-refractivity contribution in [1.29, 1.82) is 0 Å². The molecule has 0 rings (SSSR count). The van der Waals surface area contributed by atoms with Gasteiger partial charge in [0, 0.05) is 0 Å². The van der Waals surface area contributed by atoms with E-state index in [9.17, 15) is 0 Å². The summed E-state index contributed by atoms with van der Waals surface area (Å²) < 4.78 is 0. The Kier molecular flexibility index (Phi) is 13.0. The first-order valence-corrected chi connectivity index (χ1v) is 4.00. The average Bonchev–Trinajstić information content (AvgIpc) is 2.26. The summed E-state index contributed by atoms with van der Waals surface area (Å²) >= 11 is 0. The van der Waals surface area contributed by atoms with Gasteiger partial charge in [0.25, 0.3) is 0 Å². The molecular weight excluding hydrogens is 206 g/mol. The first-order chi connectivity index (χ1) is 7.41. The van der Waals surface area contributed by atoms with E-state index in [1.54, 1.807) is 14.1 Å². The highest BCUT2D eigenvalue weighted by molar-refractivity contribution is 4.16. The second kappa shape index (κ2) is 13.5. The normalized spacial score (nSPS) is 10.8. The first-order valence-electron chi connectivity index (χ1n) is 4.00. The molecule has 0 atom stereocenters. The van der Waals surface area contributed by atoms with E-state index in [0.717, 1.165) is 0 Å². The Morgan fingerprint density at radius 3 is 0.733 bits per heavy atom. The molecule has 13 heteroatoms. The van der Waals surface area contributed by atoms with Crippen molar-refractivity contribution in [1.82, 2.24) is 71.7 Å². The number of hydrogen-bond acceptors (Lipinski definition) is 13. The summed E-state index contributed by atoms with van der Waals surface area (Å²) in [4.78, 5) is 0. The Balaban J connectivity index is 2.81. The molecule has 0 bridgehead atoms. The van der Waals surface area contributed by atoms with E-state index in [2.05, 4.69) is 71.7 Å². The first kappa shape index (κ1) is 14.5. The van der Waals surface area contributed by atoms with E-state index >= 15 is 0 Å². The standard InChI is InChI=1S/C2H19N13/c1-3-5-7-9-11-13-15-14-12-10-8-6-4-2/h3-15H,1-2H3. The van der Waals surface area contributed by atoms with Crippen LogP contribution in [0.15, 0.2) is 0 Å². The van der Waals surface area contributed by atoms with Crippen molar-refractivity contribution in [3.05, 3.63) is 0 Å². The fraction of sp³-hybridized carbons (Fsp3) is 1.00. The van der Waals surface area contributed by atoms with Gasteiger partial charge in [0.05, 0.1) is 0 Å². The van der Waals surface area contributed by atoms with Crippen molar-refractivity contribution in [3.8, 4) is 0 Å². The van der Waals surface area contributed by atoms with Gasteiger partial charge >= 0.3 is 0 Å². The Morgan fingerprint density at radius 1 is 0.333 bits per heavy atom. The molecule has 0 amide bonds. The molecule has 0 unspecified atom stereocenters. The smallest absolute Gasteiger partial charge is 0.000111 e. The van der Waals surface area contributed by atoms with Crippen LogP contribution in [0.3, 0.4) is 0 Å². The van der Waals surface area contributed by atoms with E-state index in [-0.39, 0.29) is 0 Å². The summed E-state index contributed by atoms with van der Waals surface area (Å²) in [5, 5.41) is 0. The predicted molar refractivity (Wildman–Crippen MR) is 52.6 cm³/mol. The van der Waals surface area contributed by atoms with Crippen LogP contribution in [0.5, 0.6) is 0 Å².